The Morgan fingerprint density at radius 2 is 1.31 bits per heavy atom. The van der Waals surface area contributed by atoms with E-state index in [9.17, 15) is 19.2 Å². The normalized spacial score (nSPS) is 21.3. The van der Waals surface area contributed by atoms with Crippen molar-refractivity contribution in [2.24, 2.45) is 34.7 Å². The van der Waals surface area contributed by atoms with Crippen molar-refractivity contribution in [3.8, 4) is 17.2 Å². The second-order valence-electron chi connectivity index (χ2n) is 19.5. The largest absolute Gasteiger partial charge is 0.494 e. The van der Waals surface area contributed by atoms with Gasteiger partial charge in [-0.1, -0.05) is 81.7 Å². The molecule has 0 amide bonds. The molecule has 1 heterocycles. The first-order valence-corrected chi connectivity index (χ1v) is 27.1. The minimum Gasteiger partial charge on any atom is -0.494 e. The molecule has 0 N–H and O–H groups in total. The van der Waals surface area contributed by atoms with E-state index in [0.29, 0.717) is 72.8 Å². The van der Waals surface area contributed by atoms with Gasteiger partial charge in [0.1, 0.15) is 23.9 Å². The average Bonchev–Trinajstić information content (AvgIpc) is 3.85. The van der Waals surface area contributed by atoms with E-state index < -0.39 is 11.9 Å². The third-order valence-corrected chi connectivity index (χ3v) is 15.8. The lowest BCUT2D eigenvalue weighted by molar-refractivity contribution is -0.145. The Morgan fingerprint density at radius 1 is 0.690 bits per heavy atom. The number of esters is 4. The summed E-state index contributed by atoms with van der Waals surface area (Å²) in [5, 5.41) is 7.30. The molecule has 3 saturated carbocycles. The Balaban J connectivity index is 0.958. The predicted molar refractivity (Wildman–Crippen MR) is 280 cm³/mol. The molecule has 13 heteroatoms. The van der Waals surface area contributed by atoms with Crippen LogP contribution in [0.3, 0.4) is 0 Å². The molecule has 3 aliphatic rings. The second-order valence-corrected chi connectivity index (χ2v) is 20.5. The fourth-order valence-electron chi connectivity index (χ4n) is 10.5. The number of aromatic nitrogens is 1. The van der Waals surface area contributed by atoms with Crippen LogP contribution in [0.4, 0.5) is 5.13 Å². The number of fused-ring (bicyclic) bond motifs is 1. The van der Waals surface area contributed by atoms with Crippen LogP contribution in [0, 0.1) is 29.6 Å². The highest BCUT2D eigenvalue weighted by atomic mass is 32.1. The topological polar surface area (TPSA) is 143 Å². The fourth-order valence-corrected chi connectivity index (χ4v) is 11.5. The Morgan fingerprint density at radius 3 is 1.97 bits per heavy atom. The molecule has 0 bridgehead atoms. The molecule has 3 aromatic carbocycles. The van der Waals surface area contributed by atoms with Gasteiger partial charge < -0.3 is 23.7 Å². The number of nitrogens with zero attached hydrogens (tertiary/aromatic N) is 3. The van der Waals surface area contributed by atoms with E-state index in [0.717, 1.165) is 72.6 Å². The Labute approximate surface area is 424 Å². The maximum Gasteiger partial charge on any atom is 0.330 e. The van der Waals surface area contributed by atoms with Crippen LogP contribution in [0.15, 0.2) is 97.1 Å². The highest BCUT2D eigenvalue weighted by Gasteiger charge is 2.34. The summed E-state index contributed by atoms with van der Waals surface area (Å²) in [5.74, 6) is 2.29. The third-order valence-electron chi connectivity index (χ3n) is 14.7. The van der Waals surface area contributed by atoms with Crippen LogP contribution in [-0.2, 0) is 28.7 Å². The number of anilines is 1. The zero-order chi connectivity index (χ0) is 49.8. The summed E-state index contributed by atoms with van der Waals surface area (Å²) in [7, 11) is 0. The molecule has 71 heavy (non-hydrogen) atoms. The van der Waals surface area contributed by atoms with Crippen molar-refractivity contribution in [3.63, 3.8) is 0 Å². The molecule has 0 radical (unpaired) electrons. The summed E-state index contributed by atoms with van der Waals surface area (Å²) in [5.41, 5.74) is 2.75. The summed E-state index contributed by atoms with van der Waals surface area (Å²) in [6, 6.07) is 21.1. The van der Waals surface area contributed by atoms with Gasteiger partial charge in [0.05, 0.1) is 48.0 Å². The maximum atomic E-state index is 14.0. The van der Waals surface area contributed by atoms with Crippen LogP contribution in [-0.4, -0.2) is 61.4 Å². The Bertz CT molecular complexity index is 2360. The van der Waals surface area contributed by atoms with E-state index in [4.69, 9.17) is 33.8 Å². The van der Waals surface area contributed by atoms with Gasteiger partial charge in [-0.05, 0) is 168 Å². The molecule has 0 unspecified atom stereocenters. The summed E-state index contributed by atoms with van der Waals surface area (Å²) < 4.78 is 29.3. The molecule has 3 aliphatic carbocycles. The van der Waals surface area contributed by atoms with Crippen LogP contribution >= 0.6 is 11.3 Å². The zero-order valence-electron chi connectivity index (χ0n) is 41.6. The van der Waals surface area contributed by atoms with Gasteiger partial charge in [-0.25, -0.2) is 19.6 Å². The molecule has 0 aliphatic heterocycles. The quantitative estimate of drug-likeness (QED) is 0.0156. The van der Waals surface area contributed by atoms with E-state index in [1.165, 1.54) is 80.8 Å². The molecular weight excluding hydrogens is 915 g/mol. The van der Waals surface area contributed by atoms with E-state index in [1.54, 1.807) is 35.5 Å². The molecule has 0 atom stereocenters. The molecule has 12 nitrogen and oxygen atoms in total. The van der Waals surface area contributed by atoms with Crippen molar-refractivity contribution < 1.29 is 42.9 Å². The number of hydrogen-bond acceptors (Lipinski definition) is 13. The predicted octanol–water partition coefficient (Wildman–Crippen LogP) is 13.1. The molecule has 1 aromatic heterocycles. The van der Waals surface area contributed by atoms with Crippen molar-refractivity contribution >= 4 is 56.8 Å². The lowest BCUT2D eigenvalue weighted by atomic mass is 9.68. The number of ether oxygens (including phenoxy) is 5. The number of rotatable bonds is 25. The van der Waals surface area contributed by atoms with Gasteiger partial charge in [-0.2, -0.15) is 5.10 Å². The first-order valence-electron chi connectivity index (χ1n) is 26.2. The first kappa shape index (κ1) is 53.0. The van der Waals surface area contributed by atoms with Gasteiger partial charge in [-0.3, -0.25) is 9.59 Å². The number of carbonyl (C=O) groups is 4. The van der Waals surface area contributed by atoms with Gasteiger partial charge in [0.15, 0.2) is 0 Å². The van der Waals surface area contributed by atoms with E-state index in [-0.39, 0.29) is 36.9 Å². The number of hydrogen-bond donors (Lipinski definition) is 0. The van der Waals surface area contributed by atoms with Crippen LogP contribution in [0.1, 0.15) is 146 Å². The van der Waals surface area contributed by atoms with E-state index >= 15 is 0 Å². The number of hydrazone groups is 1. The first-order chi connectivity index (χ1) is 34.7. The van der Waals surface area contributed by atoms with Crippen molar-refractivity contribution in [1.29, 1.82) is 0 Å². The summed E-state index contributed by atoms with van der Waals surface area (Å²) in [4.78, 5) is 55.2. The smallest absolute Gasteiger partial charge is 0.330 e. The molecular formula is C58H73N3O9S. The third kappa shape index (κ3) is 16.1. The number of carbonyl (C=O) groups excluding carboxylic acids is 4. The van der Waals surface area contributed by atoms with Gasteiger partial charge in [-0.15, -0.1) is 0 Å². The minimum absolute atomic E-state index is 0.0727. The van der Waals surface area contributed by atoms with Gasteiger partial charge in [0, 0.05) is 17.7 Å². The highest BCUT2D eigenvalue weighted by molar-refractivity contribution is 7.22. The molecule has 4 aromatic rings. The van der Waals surface area contributed by atoms with Crippen molar-refractivity contribution in [2.75, 3.05) is 31.4 Å². The summed E-state index contributed by atoms with van der Waals surface area (Å²) in [6.45, 7) is 10.5. The SMILES string of the molecule is C=CC(=O)OCCCCCCOc1ccc(OC(=O)C2CCC(C(=O)Oc3ccc(C4CCC(C5CCC(CCCC)CC5)CC4)cc3/C=N/N(CCOC(=O)C=C)c3nc4ccccc4s3)CC2)cc1. The van der Waals surface area contributed by atoms with Gasteiger partial charge in [0.25, 0.3) is 0 Å². The lowest BCUT2D eigenvalue weighted by Crippen LogP contribution is -2.30. The number of unbranched alkanes of at least 4 members (excludes halogenated alkanes) is 4. The monoisotopic (exact) mass is 988 g/mol. The second kappa shape index (κ2) is 27.7. The van der Waals surface area contributed by atoms with Crippen molar-refractivity contribution in [1.82, 2.24) is 4.98 Å². The molecule has 380 valence electrons. The van der Waals surface area contributed by atoms with Gasteiger partial charge >= 0.3 is 23.9 Å². The minimum atomic E-state index is -0.514. The fraction of sp³-hybridized carbons (Fsp3) is 0.517. The van der Waals surface area contributed by atoms with Crippen LogP contribution < -0.4 is 19.2 Å². The van der Waals surface area contributed by atoms with Crippen LogP contribution in [0.5, 0.6) is 17.2 Å². The van der Waals surface area contributed by atoms with Gasteiger partial charge in [0.2, 0.25) is 5.13 Å². The molecule has 0 spiro atoms. The maximum absolute atomic E-state index is 14.0. The zero-order valence-corrected chi connectivity index (χ0v) is 42.5. The molecule has 3 fully saturated rings. The Hall–Kier alpha value is -5.82. The van der Waals surface area contributed by atoms with Crippen LogP contribution in [0.25, 0.3) is 10.2 Å². The highest BCUT2D eigenvalue weighted by Crippen LogP contribution is 2.45. The number of para-hydroxylation sites is 1. The summed E-state index contributed by atoms with van der Waals surface area (Å²) >= 11 is 1.49. The van der Waals surface area contributed by atoms with Crippen molar-refractivity contribution in [3.05, 3.63) is 103 Å². The number of benzene rings is 3. The van der Waals surface area contributed by atoms with E-state index in [2.05, 4.69) is 32.2 Å². The Kier molecular flexibility index (Phi) is 20.7. The van der Waals surface area contributed by atoms with E-state index in [1.807, 2.05) is 30.3 Å². The lowest BCUT2D eigenvalue weighted by Gasteiger charge is -2.38. The average molecular weight is 988 g/mol. The number of thiazole rings is 1. The molecule has 7 rings (SSSR count). The van der Waals surface area contributed by atoms with Crippen molar-refractivity contribution in [2.45, 2.75) is 135 Å². The van der Waals surface area contributed by atoms with Crippen LogP contribution in [0.2, 0.25) is 0 Å². The molecule has 0 saturated heterocycles. The standard InChI is InChI=1S/C58H73N3O9S/c1-4-7-14-41-17-19-42(20-18-41)43-21-23-44(24-22-43)47-29-34-52(48(39-47)40-59-61(35-38-68-55(63)6-3)58-60-51-15-10-11-16-53(51)71-58)70-57(65)46-27-25-45(26-28-46)56(64)69-50-32-30-49(31-33-50)66-36-12-8-9-13-37-67-54(62)5-2/h5-6,10-11,15-16,29-34,39-46H,2-4,7-9,12-14,17-28,35-38H2,1H3/b59-40+. The summed E-state index contributed by atoms with van der Waals surface area (Å²) in [6.07, 6.45) is 24.0.